The molecule has 2 heterocycles. The molecule has 1 aromatic heterocycles. The minimum atomic E-state index is -0.210. The molecule has 160 valence electrons. The maximum Gasteiger partial charge on any atom is 0.317 e. The number of likely N-dealkylation sites (tertiary alicyclic amines) is 1. The molecule has 1 aliphatic carbocycles. The molecule has 1 atom stereocenters. The minimum Gasteiger partial charge on any atom is -0.347 e. The lowest BCUT2D eigenvalue weighted by molar-refractivity contribution is -0.0229. The first kappa shape index (κ1) is 20.4. The van der Waals surface area contributed by atoms with E-state index in [9.17, 15) is 9.59 Å². The van der Waals surface area contributed by atoms with Crippen molar-refractivity contribution >= 4 is 11.9 Å². The number of hydrogen-bond donors (Lipinski definition) is 2. The van der Waals surface area contributed by atoms with E-state index in [4.69, 9.17) is 0 Å². The van der Waals surface area contributed by atoms with Gasteiger partial charge in [0.25, 0.3) is 5.91 Å². The first-order chi connectivity index (χ1) is 14.5. The predicted molar refractivity (Wildman–Crippen MR) is 113 cm³/mol. The molecule has 8 nitrogen and oxygen atoms in total. The van der Waals surface area contributed by atoms with Crippen molar-refractivity contribution in [1.82, 2.24) is 30.5 Å². The lowest BCUT2D eigenvalue weighted by Crippen LogP contribution is -2.53. The van der Waals surface area contributed by atoms with Gasteiger partial charge in [-0.2, -0.15) is 0 Å². The van der Waals surface area contributed by atoms with Gasteiger partial charge < -0.3 is 15.5 Å². The molecule has 1 aromatic carbocycles. The number of nitrogens with zero attached hydrogens (tertiary/aromatic N) is 4. The standard InChI is InChI=1S/C22H30N6O2/c1-16(2)24-21(30)27-12-10-22(11-13-27)9-8-19(22)28-15-18(25-26-28)20(29)23-14-17-6-4-3-5-7-17/h3-7,15-16,19H,8-14H2,1-2H3,(H,23,29)(H,24,30). The molecule has 1 unspecified atom stereocenters. The van der Waals surface area contributed by atoms with E-state index in [-0.39, 0.29) is 29.4 Å². The number of aromatic nitrogens is 3. The van der Waals surface area contributed by atoms with Gasteiger partial charge in [0.2, 0.25) is 0 Å². The zero-order chi connectivity index (χ0) is 21.1. The van der Waals surface area contributed by atoms with E-state index in [0.717, 1.165) is 44.3 Å². The molecule has 2 N–H and O–H groups in total. The fourth-order valence-corrected chi connectivity index (χ4v) is 4.57. The van der Waals surface area contributed by atoms with E-state index < -0.39 is 0 Å². The number of rotatable bonds is 5. The Bertz CT molecular complexity index is 886. The monoisotopic (exact) mass is 410 g/mol. The van der Waals surface area contributed by atoms with Crippen LogP contribution in [0.15, 0.2) is 36.5 Å². The minimum absolute atomic E-state index is 0.0221. The Labute approximate surface area is 177 Å². The van der Waals surface area contributed by atoms with Crippen LogP contribution in [-0.2, 0) is 6.54 Å². The third-order valence-electron chi connectivity index (χ3n) is 6.44. The van der Waals surface area contributed by atoms with Crippen LogP contribution in [0.1, 0.15) is 61.6 Å². The van der Waals surface area contributed by atoms with Gasteiger partial charge in [0.15, 0.2) is 5.69 Å². The summed E-state index contributed by atoms with van der Waals surface area (Å²) in [5.74, 6) is -0.210. The van der Waals surface area contributed by atoms with Crippen molar-refractivity contribution in [3.63, 3.8) is 0 Å². The number of nitrogens with one attached hydrogen (secondary N) is 2. The average Bonchev–Trinajstić information content (AvgIpc) is 3.21. The first-order valence-corrected chi connectivity index (χ1v) is 10.8. The number of hydrogen-bond acceptors (Lipinski definition) is 4. The lowest BCUT2D eigenvalue weighted by atomic mass is 9.59. The molecule has 2 aliphatic rings. The smallest absolute Gasteiger partial charge is 0.317 e. The maximum absolute atomic E-state index is 12.5. The van der Waals surface area contributed by atoms with E-state index in [1.54, 1.807) is 6.20 Å². The van der Waals surface area contributed by atoms with Crippen molar-refractivity contribution in [2.24, 2.45) is 5.41 Å². The predicted octanol–water partition coefficient (Wildman–Crippen LogP) is 2.74. The van der Waals surface area contributed by atoms with Gasteiger partial charge in [-0.15, -0.1) is 5.10 Å². The van der Waals surface area contributed by atoms with Crippen LogP contribution in [0.2, 0.25) is 0 Å². The van der Waals surface area contributed by atoms with E-state index in [1.807, 2.05) is 53.8 Å². The van der Waals surface area contributed by atoms with Gasteiger partial charge in [-0.25, -0.2) is 9.48 Å². The Kier molecular flexibility index (Phi) is 5.74. The summed E-state index contributed by atoms with van der Waals surface area (Å²) in [4.78, 5) is 26.6. The molecule has 8 heteroatoms. The van der Waals surface area contributed by atoms with Gasteiger partial charge in [-0.1, -0.05) is 35.5 Å². The molecule has 2 aromatic rings. The fourth-order valence-electron chi connectivity index (χ4n) is 4.57. The quantitative estimate of drug-likeness (QED) is 0.793. The van der Waals surface area contributed by atoms with Gasteiger partial charge >= 0.3 is 6.03 Å². The molecular weight excluding hydrogens is 380 g/mol. The van der Waals surface area contributed by atoms with Gasteiger partial charge in [-0.05, 0) is 50.5 Å². The third kappa shape index (κ3) is 4.17. The molecule has 30 heavy (non-hydrogen) atoms. The number of carbonyl (C=O) groups is 2. The van der Waals surface area contributed by atoms with Crippen molar-refractivity contribution in [3.05, 3.63) is 47.8 Å². The zero-order valence-electron chi connectivity index (χ0n) is 17.7. The van der Waals surface area contributed by atoms with Crippen LogP contribution >= 0.6 is 0 Å². The fraction of sp³-hybridized carbons (Fsp3) is 0.545. The average molecular weight is 411 g/mol. The number of amides is 3. The Balaban J connectivity index is 1.34. The molecule has 1 saturated heterocycles. The lowest BCUT2D eigenvalue weighted by Gasteiger charge is -2.53. The van der Waals surface area contributed by atoms with Crippen molar-refractivity contribution in [3.8, 4) is 0 Å². The zero-order valence-corrected chi connectivity index (χ0v) is 17.7. The van der Waals surface area contributed by atoms with E-state index in [1.165, 1.54) is 0 Å². The Morgan fingerprint density at radius 2 is 1.90 bits per heavy atom. The Hall–Kier alpha value is -2.90. The maximum atomic E-state index is 12.5. The van der Waals surface area contributed by atoms with Gasteiger partial charge in [0.1, 0.15) is 0 Å². The molecule has 1 aliphatic heterocycles. The largest absolute Gasteiger partial charge is 0.347 e. The number of benzene rings is 1. The van der Waals surface area contributed by atoms with E-state index >= 15 is 0 Å². The second-order valence-electron chi connectivity index (χ2n) is 8.76. The van der Waals surface area contributed by atoms with Crippen molar-refractivity contribution in [2.75, 3.05) is 13.1 Å². The van der Waals surface area contributed by atoms with Crippen molar-refractivity contribution in [2.45, 2.75) is 58.2 Å². The highest BCUT2D eigenvalue weighted by molar-refractivity contribution is 5.91. The number of urea groups is 1. The highest BCUT2D eigenvalue weighted by Crippen LogP contribution is 2.56. The van der Waals surface area contributed by atoms with Crippen LogP contribution in [0.25, 0.3) is 0 Å². The van der Waals surface area contributed by atoms with Crippen LogP contribution in [0.4, 0.5) is 4.79 Å². The summed E-state index contributed by atoms with van der Waals surface area (Å²) in [6.45, 7) is 5.93. The molecule has 4 rings (SSSR count). The van der Waals surface area contributed by atoms with Crippen LogP contribution in [0.5, 0.6) is 0 Å². The summed E-state index contributed by atoms with van der Waals surface area (Å²) < 4.78 is 1.87. The van der Waals surface area contributed by atoms with Crippen molar-refractivity contribution < 1.29 is 9.59 Å². The van der Waals surface area contributed by atoms with Crippen LogP contribution in [0, 0.1) is 5.41 Å². The van der Waals surface area contributed by atoms with Gasteiger partial charge in [0.05, 0.1) is 12.2 Å². The topological polar surface area (TPSA) is 92.2 Å². The second-order valence-corrected chi connectivity index (χ2v) is 8.76. The van der Waals surface area contributed by atoms with E-state index in [0.29, 0.717) is 12.2 Å². The molecular formula is C22H30N6O2. The Morgan fingerprint density at radius 1 is 1.17 bits per heavy atom. The normalized spacial score (nSPS) is 20.1. The van der Waals surface area contributed by atoms with Crippen molar-refractivity contribution in [1.29, 1.82) is 0 Å². The third-order valence-corrected chi connectivity index (χ3v) is 6.44. The number of carbonyl (C=O) groups excluding carboxylic acids is 2. The summed E-state index contributed by atoms with van der Waals surface area (Å²) in [6, 6.07) is 10.2. The molecule has 0 radical (unpaired) electrons. The molecule has 3 amide bonds. The highest BCUT2D eigenvalue weighted by atomic mass is 16.2. The second kappa shape index (κ2) is 8.45. The first-order valence-electron chi connectivity index (χ1n) is 10.8. The SMILES string of the molecule is CC(C)NC(=O)N1CCC2(CCC2n2cc(C(=O)NCc3ccccc3)nn2)CC1. The van der Waals surface area contributed by atoms with Crippen LogP contribution in [-0.4, -0.2) is 51.0 Å². The summed E-state index contributed by atoms with van der Waals surface area (Å²) >= 11 is 0. The summed E-state index contributed by atoms with van der Waals surface area (Å²) in [6.07, 6.45) is 5.85. The molecule has 2 fully saturated rings. The van der Waals surface area contributed by atoms with Gasteiger partial charge in [0, 0.05) is 25.7 Å². The van der Waals surface area contributed by atoms with Gasteiger partial charge in [-0.3, -0.25) is 4.79 Å². The molecule has 0 bridgehead atoms. The highest BCUT2D eigenvalue weighted by Gasteiger charge is 2.50. The van der Waals surface area contributed by atoms with Crippen LogP contribution < -0.4 is 10.6 Å². The molecule has 1 saturated carbocycles. The summed E-state index contributed by atoms with van der Waals surface area (Å²) in [5.41, 5.74) is 1.55. The summed E-state index contributed by atoms with van der Waals surface area (Å²) in [7, 11) is 0. The Morgan fingerprint density at radius 3 is 2.53 bits per heavy atom. The number of piperidine rings is 1. The van der Waals surface area contributed by atoms with E-state index in [2.05, 4.69) is 20.9 Å². The molecule has 1 spiro atoms. The van der Waals surface area contributed by atoms with Crippen LogP contribution in [0.3, 0.4) is 0 Å². The summed E-state index contributed by atoms with van der Waals surface area (Å²) in [5, 5.41) is 14.3.